The van der Waals surface area contributed by atoms with Gasteiger partial charge in [-0.05, 0) is 31.6 Å². The highest BCUT2D eigenvalue weighted by Gasteiger charge is 2.45. The van der Waals surface area contributed by atoms with Gasteiger partial charge in [0.05, 0.1) is 18.1 Å². The number of carboxylic acids is 1. The average Bonchev–Trinajstić information content (AvgIpc) is 3.39. The summed E-state index contributed by atoms with van der Waals surface area (Å²) < 4.78 is 31.2. The number of carbonyl (C=O) groups excluding carboxylic acids is 1. The highest BCUT2D eigenvalue weighted by Crippen LogP contribution is 2.38. The Kier molecular flexibility index (Phi) is 4.94. The van der Waals surface area contributed by atoms with Crippen molar-refractivity contribution in [2.24, 2.45) is 11.3 Å². The molecule has 2 amide bonds. The van der Waals surface area contributed by atoms with Crippen LogP contribution in [0.15, 0.2) is 0 Å². The molecule has 1 aliphatic carbocycles. The van der Waals surface area contributed by atoms with Gasteiger partial charge in [-0.25, -0.2) is 13.6 Å². The molecule has 1 N–H and O–H groups in total. The van der Waals surface area contributed by atoms with Crippen molar-refractivity contribution in [3.05, 3.63) is 0 Å². The van der Waals surface area contributed by atoms with Gasteiger partial charge in [-0.2, -0.15) is 0 Å². The average molecular weight is 346 g/mol. The van der Waals surface area contributed by atoms with Gasteiger partial charge in [-0.1, -0.05) is 0 Å². The Morgan fingerprint density at radius 3 is 2.38 bits per heavy atom. The fraction of sp³-hybridized carbons (Fsp3) is 0.875. The third-order valence-corrected chi connectivity index (χ3v) is 5.50. The predicted molar refractivity (Wildman–Crippen MR) is 80.9 cm³/mol. The zero-order chi connectivity index (χ0) is 17.3. The van der Waals surface area contributed by atoms with Crippen molar-refractivity contribution < 1.29 is 28.2 Å². The fourth-order valence-electron chi connectivity index (χ4n) is 3.73. The van der Waals surface area contributed by atoms with Gasteiger partial charge in [-0.3, -0.25) is 4.79 Å². The Bertz CT molecular complexity index is 490. The van der Waals surface area contributed by atoms with Gasteiger partial charge in [0.1, 0.15) is 0 Å². The maximum atomic E-state index is 12.7. The van der Waals surface area contributed by atoms with Crippen LogP contribution in [0.3, 0.4) is 0 Å². The van der Waals surface area contributed by atoms with Crippen molar-refractivity contribution in [2.75, 3.05) is 32.8 Å². The molecule has 24 heavy (non-hydrogen) atoms. The molecule has 1 saturated carbocycles. The summed E-state index contributed by atoms with van der Waals surface area (Å²) in [7, 11) is 0. The zero-order valence-corrected chi connectivity index (χ0v) is 13.6. The smallest absolute Gasteiger partial charge is 0.320 e. The number of carboxylic acid groups (broad SMARTS) is 1. The zero-order valence-electron chi connectivity index (χ0n) is 13.6. The number of urea groups is 1. The largest absolute Gasteiger partial charge is 0.481 e. The molecular weight excluding hydrogens is 322 g/mol. The summed E-state index contributed by atoms with van der Waals surface area (Å²) in [5.41, 5.74) is -1.41. The van der Waals surface area contributed by atoms with E-state index in [2.05, 4.69) is 0 Å². The van der Waals surface area contributed by atoms with E-state index in [1.807, 2.05) is 0 Å². The highest BCUT2D eigenvalue weighted by atomic mass is 19.3. The maximum absolute atomic E-state index is 12.7. The molecule has 8 heteroatoms. The van der Waals surface area contributed by atoms with Crippen LogP contribution in [0.1, 0.15) is 32.1 Å². The summed E-state index contributed by atoms with van der Waals surface area (Å²) in [4.78, 5) is 27.5. The molecule has 0 radical (unpaired) electrons. The minimum Gasteiger partial charge on any atom is -0.481 e. The molecule has 0 aromatic rings. The first-order valence-electron chi connectivity index (χ1n) is 8.58. The lowest BCUT2D eigenvalue weighted by Crippen LogP contribution is -2.55. The van der Waals surface area contributed by atoms with Crippen LogP contribution in [0.2, 0.25) is 0 Å². The second-order valence-corrected chi connectivity index (χ2v) is 7.14. The quantitative estimate of drug-likeness (QED) is 0.846. The molecule has 3 fully saturated rings. The van der Waals surface area contributed by atoms with Crippen molar-refractivity contribution in [3.63, 3.8) is 0 Å². The number of morpholine rings is 1. The minimum absolute atomic E-state index is 0.0782. The number of aliphatic carboxylic acids is 1. The highest BCUT2D eigenvalue weighted by molar-refractivity contribution is 5.77. The number of halogens is 2. The third kappa shape index (κ3) is 3.63. The van der Waals surface area contributed by atoms with Gasteiger partial charge in [0.2, 0.25) is 6.43 Å². The molecule has 0 aromatic heterocycles. The second-order valence-electron chi connectivity index (χ2n) is 7.14. The van der Waals surface area contributed by atoms with Crippen LogP contribution in [-0.2, 0) is 9.53 Å². The summed E-state index contributed by atoms with van der Waals surface area (Å²) in [5.74, 6) is -0.636. The summed E-state index contributed by atoms with van der Waals surface area (Å²) in [6, 6.07) is -0.125. The topological polar surface area (TPSA) is 70.1 Å². The van der Waals surface area contributed by atoms with E-state index in [0.29, 0.717) is 25.6 Å². The van der Waals surface area contributed by atoms with E-state index in [1.165, 1.54) is 0 Å². The van der Waals surface area contributed by atoms with Gasteiger partial charge >= 0.3 is 12.0 Å². The first-order chi connectivity index (χ1) is 11.4. The van der Waals surface area contributed by atoms with Crippen LogP contribution in [0.5, 0.6) is 0 Å². The van der Waals surface area contributed by atoms with Crippen molar-refractivity contribution >= 4 is 12.0 Å². The molecule has 0 aromatic carbocycles. The number of carbonyl (C=O) groups is 2. The predicted octanol–water partition coefficient (Wildman–Crippen LogP) is 2.04. The number of amides is 2. The number of hydrogen-bond acceptors (Lipinski definition) is 3. The van der Waals surface area contributed by atoms with Crippen molar-refractivity contribution in [1.29, 1.82) is 0 Å². The number of hydrogen-bond donors (Lipinski definition) is 1. The maximum Gasteiger partial charge on any atom is 0.320 e. The van der Waals surface area contributed by atoms with E-state index in [9.17, 15) is 23.5 Å². The van der Waals surface area contributed by atoms with E-state index in [4.69, 9.17) is 4.74 Å². The Morgan fingerprint density at radius 2 is 1.83 bits per heavy atom. The van der Waals surface area contributed by atoms with Crippen LogP contribution >= 0.6 is 0 Å². The lowest BCUT2D eigenvalue weighted by Gasteiger charge is -2.42. The summed E-state index contributed by atoms with van der Waals surface area (Å²) in [5, 5.41) is 9.35. The molecule has 136 valence electrons. The molecular formula is C16H24F2N2O4. The standard InChI is InChI=1S/C16H24F2N2O4/c17-13(18)9-16(14(21)22)3-5-19(6-4-16)15(23)20-7-8-24-12(10-20)11-1-2-11/h11-13H,1-10H2,(H,21,22). The van der Waals surface area contributed by atoms with Crippen LogP contribution in [0, 0.1) is 11.3 Å². The van der Waals surface area contributed by atoms with Crippen molar-refractivity contribution in [2.45, 2.75) is 44.6 Å². The van der Waals surface area contributed by atoms with Crippen LogP contribution in [-0.4, -0.2) is 72.2 Å². The van der Waals surface area contributed by atoms with Crippen LogP contribution in [0.4, 0.5) is 13.6 Å². The monoisotopic (exact) mass is 346 g/mol. The lowest BCUT2D eigenvalue weighted by molar-refractivity contribution is -0.155. The number of nitrogens with zero attached hydrogens (tertiary/aromatic N) is 2. The Labute approximate surface area is 139 Å². The first kappa shape index (κ1) is 17.4. The summed E-state index contributed by atoms with van der Waals surface area (Å²) in [6.45, 7) is 2.04. The van der Waals surface area contributed by atoms with E-state index in [-0.39, 0.29) is 38.1 Å². The molecule has 0 spiro atoms. The minimum atomic E-state index is -2.65. The Morgan fingerprint density at radius 1 is 1.17 bits per heavy atom. The van der Waals surface area contributed by atoms with Crippen molar-refractivity contribution in [3.8, 4) is 0 Å². The first-order valence-corrected chi connectivity index (χ1v) is 8.58. The molecule has 3 rings (SSSR count). The molecule has 2 saturated heterocycles. The second kappa shape index (κ2) is 6.82. The molecule has 2 heterocycles. The lowest BCUT2D eigenvalue weighted by atomic mass is 9.76. The number of alkyl halides is 2. The fourth-order valence-corrected chi connectivity index (χ4v) is 3.73. The molecule has 0 bridgehead atoms. The molecule has 6 nitrogen and oxygen atoms in total. The van der Waals surface area contributed by atoms with Crippen molar-refractivity contribution in [1.82, 2.24) is 9.80 Å². The number of piperidine rings is 1. The number of likely N-dealkylation sites (tertiary alicyclic amines) is 1. The summed E-state index contributed by atoms with van der Waals surface area (Å²) >= 11 is 0. The molecule has 2 aliphatic heterocycles. The van der Waals surface area contributed by atoms with Gasteiger partial charge in [0.25, 0.3) is 0 Å². The summed E-state index contributed by atoms with van der Waals surface area (Å²) in [6.07, 6.45) is -0.752. The molecule has 1 atom stereocenters. The van der Waals surface area contributed by atoms with E-state index >= 15 is 0 Å². The van der Waals surface area contributed by atoms with E-state index in [1.54, 1.807) is 9.80 Å². The van der Waals surface area contributed by atoms with Crippen LogP contribution in [0.25, 0.3) is 0 Å². The SMILES string of the molecule is O=C(N1CCC(CC(F)F)(C(=O)O)CC1)N1CCOC(C2CC2)C1. The van der Waals surface area contributed by atoms with E-state index < -0.39 is 24.2 Å². The van der Waals surface area contributed by atoms with Gasteiger partial charge in [0.15, 0.2) is 0 Å². The van der Waals surface area contributed by atoms with Gasteiger partial charge in [-0.15, -0.1) is 0 Å². The normalized spacial score (nSPS) is 27.4. The Balaban J connectivity index is 1.57. The Hall–Kier alpha value is -1.44. The third-order valence-electron chi connectivity index (χ3n) is 5.50. The number of rotatable bonds is 4. The van der Waals surface area contributed by atoms with Crippen LogP contribution < -0.4 is 0 Å². The molecule has 3 aliphatic rings. The van der Waals surface area contributed by atoms with E-state index in [0.717, 1.165) is 12.8 Å². The number of ether oxygens (including phenoxy) is 1. The van der Waals surface area contributed by atoms with Gasteiger partial charge < -0.3 is 19.6 Å². The van der Waals surface area contributed by atoms with Gasteiger partial charge in [0, 0.05) is 32.6 Å². The molecule has 1 unspecified atom stereocenters.